The summed E-state index contributed by atoms with van der Waals surface area (Å²) in [4.78, 5) is 10.5. The van der Waals surface area contributed by atoms with Crippen LogP contribution in [0.4, 0.5) is 5.69 Å². The van der Waals surface area contributed by atoms with Gasteiger partial charge in [0.05, 0.1) is 5.69 Å². The average molecular weight is 260 g/mol. The second-order valence-corrected chi connectivity index (χ2v) is 4.37. The van der Waals surface area contributed by atoms with Crippen LogP contribution in [0.15, 0.2) is 35.1 Å². The van der Waals surface area contributed by atoms with Crippen molar-refractivity contribution in [3.05, 3.63) is 47.3 Å². The first-order chi connectivity index (χ1) is 9.15. The molecule has 0 radical (unpaired) electrons. The molecule has 0 unspecified atom stereocenters. The van der Waals surface area contributed by atoms with Crippen LogP contribution in [0.3, 0.4) is 0 Å². The maximum atomic E-state index is 10.5. The number of anilines is 1. The summed E-state index contributed by atoms with van der Waals surface area (Å²) in [7, 11) is 0. The lowest BCUT2D eigenvalue weighted by Gasteiger charge is -2.07. The number of carboxylic acid groups (broad SMARTS) is 1. The van der Waals surface area contributed by atoms with Crippen molar-refractivity contribution in [3.8, 4) is 0 Å². The second-order valence-electron chi connectivity index (χ2n) is 4.37. The first-order valence-corrected chi connectivity index (χ1v) is 6.09. The average Bonchev–Trinajstić information content (AvgIpc) is 2.80. The van der Waals surface area contributed by atoms with Crippen molar-refractivity contribution in [2.75, 3.05) is 5.32 Å². The SMILES string of the molecule is Cc1nocc1CNc1cccc(CCC(=O)O)c1. The minimum atomic E-state index is -0.779. The lowest BCUT2D eigenvalue weighted by Crippen LogP contribution is -2.01. The van der Waals surface area contributed by atoms with Crippen molar-refractivity contribution in [2.45, 2.75) is 26.3 Å². The lowest BCUT2D eigenvalue weighted by molar-refractivity contribution is -0.136. The van der Waals surface area contributed by atoms with E-state index in [2.05, 4.69) is 10.5 Å². The van der Waals surface area contributed by atoms with Gasteiger partial charge in [-0.25, -0.2) is 0 Å². The molecule has 0 saturated carbocycles. The highest BCUT2D eigenvalue weighted by Crippen LogP contribution is 2.14. The number of aromatic nitrogens is 1. The number of rotatable bonds is 6. The topological polar surface area (TPSA) is 75.4 Å². The minimum absolute atomic E-state index is 0.147. The van der Waals surface area contributed by atoms with Gasteiger partial charge in [-0.2, -0.15) is 0 Å². The van der Waals surface area contributed by atoms with E-state index in [4.69, 9.17) is 9.63 Å². The van der Waals surface area contributed by atoms with Crippen LogP contribution in [0.25, 0.3) is 0 Å². The molecule has 2 rings (SSSR count). The first kappa shape index (κ1) is 13.1. The molecule has 0 aliphatic rings. The third-order valence-electron chi connectivity index (χ3n) is 2.89. The predicted molar refractivity (Wildman–Crippen MR) is 71.0 cm³/mol. The van der Waals surface area contributed by atoms with Crippen LogP contribution in [0.1, 0.15) is 23.2 Å². The molecule has 0 saturated heterocycles. The van der Waals surface area contributed by atoms with Gasteiger partial charge >= 0.3 is 5.97 Å². The molecule has 2 N–H and O–H groups in total. The third-order valence-corrected chi connectivity index (χ3v) is 2.89. The number of nitrogens with zero attached hydrogens (tertiary/aromatic N) is 1. The Morgan fingerprint density at radius 1 is 1.47 bits per heavy atom. The van der Waals surface area contributed by atoms with Crippen LogP contribution in [0, 0.1) is 6.92 Å². The normalized spacial score (nSPS) is 10.4. The smallest absolute Gasteiger partial charge is 0.303 e. The maximum Gasteiger partial charge on any atom is 0.303 e. The van der Waals surface area contributed by atoms with E-state index in [0.717, 1.165) is 22.5 Å². The van der Waals surface area contributed by atoms with Gasteiger partial charge in [-0.15, -0.1) is 0 Å². The largest absolute Gasteiger partial charge is 0.481 e. The molecule has 0 spiro atoms. The van der Waals surface area contributed by atoms with Crippen LogP contribution in [-0.2, 0) is 17.8 Å². The van der Waals surface area contributed by atoms with E-state index in [-0.39, 0.29) is 6.42 Å². The molecule has 2 aromatic rings. The summed E-state index contributed by atoms with van der Waals surface area (Å²) >= 11 is 0. The van der Waals surface area contributed by atoms with Gasteiger partial charge < -0.3 is 14.9 Å². The Balaban J connectivity index is 1.95. The fraction of sp³-hybridized carbons (Fsp3) is 0.286. The zero-order valence-corrected chi connectivity index (χ0v) is 10.7. The zero-order chi connectivity index (χ0) is 13.7. The van der Waals surface area contributed by atoms with Crippen LogP contribution < -0.4 is 5.32 Å². The molecule has 0 bridgehead atoms. The second kappa shape index (κ2) is 6.04. The van der Waals surface area contributed by atoms with E-state index >= 15 is 0 Å². The van der Waals surface area contributed by atoms with Gasteiger partial charge in [0.25, 0.3) is 0 Å². The molecule has 5 heteroatoms. The quantitative estimate of drug-likeness (QED) is 0.835. The number of aliphatic carboxylic acids is 1. The fourth-order valence-electron chi connectivity index (χ4n) is 1.77. The molecule has 0 aliphatic heterocycles. The fourth-order valence-corrected chi connectivity index (χ4v) is 1.77. The number of carbonyl (C=O) groups is 1. The Morgan fingerprint density at radius 2 is 2.32 bits per heavy atom. The van der Waals surface area contributed by atoms with Crippen molar-refractivity contribution in [1.82, 2.24) is 5.16 Å². The molecule has 0 fully saturated rings. The van der Waals surface area contributed by atoms with Crippen LogP contribution in [-0.4, -0.2) is 16.2 Å². The summed E-state index contributed by atoms with van der Waals surface area (Å²) in [6.45, 7) is 2.53. The van der Waals surface area contributed by atoms with E-state index in [1.165, 1.54) is 0 Å². The summed E-state index contributed by atoms with van der Waals surface area (Å²) in [6.07, 6.45) is 2.31. The summed E-state index contributed by atoms with van der Waals surface area (Å²) in [5.41, 5.74) is 3.85. The third kappa shape index (κ3) is 3.84. The number of hydrogen-bond acceptors (Lipinski definition) is 4. The Bertz CT molecular complexity index is 563. The van der Waals surface area contributed by atoms with E-state index in [1.807, 2.05) is 31.2 Å². The van der Waals surface area contributed by atoms with Crippen LogP contribution >= 0.6 is 0 Å². The minimum Gasteiger partial charge on any atom is -0.481 e. The molecule has 100 valence electrons. The van der Waals surface area contributed by atoms with Gasteiger partial charge in [0.1, 0.15) is 6.26 Å². The van der Waals surface area contributed by atoms with Crippen LogP contribution in [0.5, 0.6) is 0 Å². The van der Waals surface area contributed by atoms with Gasteiger partial charge in [-0.05, 0) is 31.0 Å². The number of aryl methyl sites for hydroxylation is 2. The van der Waals surface area contributed by atoms with Crippen molar-refractivity contribution >= 4 is 11.7 Å². The van der Waals surface area contributed by atoms with E-state index in [9.17, 15) is 4.79 Å². The molecular formula is C14H16N2O3. The van der Waals surface area contributed by atoms with E-state index < -0.39 is 5.97 Å². The summed E-state index contributed by atoms with van der Waals surface area (Å²) in [5, 5.41) is 15.8. The molecular weight excluding hydrogens is 244 g/mol. The van der Waals surface area contributed by atoms with Gasteiger partial charge in [0.15, 0.2) is 0 Å². The molecule has 1 heterocycles. The highest BCUT2D eigenvalue weighted by molar-refractivity contribution is 5.67. The van der Waals surface area contributed by atoms with Gasteiger partial charge in [-0.3, -0.25) is 4.79 Å². The molecule has 5 nitrogen and oxygen atoms in total. The summed E-state index contributed by atoms with van der Waals surface area (Å²) in [6, 6.07) is 7.76. The van der Waals surface area contributed by atoms with Gasteiger partial charge in [-0.1, -0.05) is 17.3 Å². The summed E-state index contributed by atoms with van der Waals surface area (Å²) in [5.74, 6) is -0.779. The zero-order valence-electron chi connectivity index (χ0n) is 10.7. The number of nitrogens with one attached hydrogen (secondary N) is 1. The highest BCUT2D eigenvalue weighted by Gasteiger charge is 2.03. The molecule has 1 aromatic heterocycles. The van der Waals surface area contributed by atoms with Crippen molar-refractivity contribution in [2.24, 2.45) is 0 Å². The number of benzene rings is 1. The molecule has 0 atom stereocenters. The molecule has 0 aliphatic carbocycles. The van der Waals surface area contributed by atoms with Gasteiger partial charge in [0.2, 0.25) is 0 Å². The molecule has 0 amide bonds. The van der Waals surface area contributed by atoms with E-state index in [1.54, 1.807) is 6.26 Å². The molecule has 19 heavy (non-hydrogen) atoms. The number of hydrogen-bond donors (Lipinski definition) is 2. The van der Waals surface area contributed by atoms with Crippen molar-refractivity contribution in [3.63, 3.8) is 0 Å². The lowest BCUT2D eigenvalue weighted by atomic mass is 10.1. The Kier molecular flexibility index (Phi) is 4.18. The van der Waals surface area contributed by atoms with Crippen molar-refractivity contribution in [1.29, 1.82) is 0 Å². The van der Waals surface area contributed by atoms with Crippen LogP contribution in [0.2, 0.25) is 0 Å². The standard InChI is InChI=1S/C14H16N2O3/c1-10-12(9-19-16-10)8-15-13-4-2-3-11(7-13)5-6-14(17)18/h2-4,7,9,15H,5-6,8H2,1H3,(H,17,18). The van der Waals surface area contributed by atoms with E-state index in [0.29, 0.717) is 13.0 Å². The predicted octanol–water partition coefficient (Wildman–Crippen LogP) is 2.61. The first-order valence-electron chi connectivity index (χ1n) is 6.09. The Labute approximate surface area is 111 Å². The maximum absolute atomic E-state index is 10.5. The van der Waals surface area contributed by atoms with Gasteiger partial charge in [0, 0.05) is 24.2 Å². The number of carboxylic acids is 1. The Hall–Kier alpha value is -2.30. The highest BCUT2D eigenvalue weighted by atomic mass is 16.5. The Morgan fingerprint density at radius 3 is 3.00 bits per heavy atom. The van der Waals surface area contributed by atoms with Crippen molar-refractivity contribution < 1.29 is 14.4 Å². The summed E-state index contributed by atoms with van der Waals surface area (Å²) < 4.78 is 4.87. The molecule has 1 aromatic carbocycles. The monoisotopic (exact) mass is 260 g/mol.